The number of benzene rings is 2. The number of nitrogens with one attached hydrogen (secondary N) is 1. The molecule has 0 unspecified atom stereocenters. The van der Waals surface area contributed by atoms with Gasteiger partial charge in [-0.2, -0.15) is 10.4 Å². The number of rotatable bonds is 8. The summed E-state index contributed by atoms with van der Waals surface area (Å²) >= 11 is 6.06. The first-order chi connectivity index (χ1) is 16.6. The van der Waals surface area contributed by atoms with Crippen molar-refractivity contribution in [2.24, 2.45) is 0 Å². The smallest absolute Gasteiger partial charge is 0.261 e. The van der Waals surface area contributed by atoms with E-state index in [9.17, 15) is 10.1 Å². The van der Waals surface area contributed by atoms with Crippen LogP contribution in [0.5, 0.6) is 0 Å². The largest absolute Gasteiger partial charge is 0.379 e. The Bertz CT molecular complexity index is 1180. The Morgan fingerprint density at radius 2 is 1.88 bits per heavy atom. The fourth-order valence-corrected chi connectivity index (χ4v) is 3.89. The maximum absolute atomic E-state index is 12.7. The first-order valence-electron chi connectivity index (χ1n) is 11.2. The van der Waals surface area contributed by atoms with Gasteiger partial charge >= 0.3 is 0 Å². The lowest BCUT2D eigenvalue weighted by atomic mass is 10.1. The second kappa shape index (κ2) is 11.6. The molecule has 34 heavy (non-hydrogen) atoms. The average Bonchev–Trinajstić information content (AvgIpc) is 3.30. The van der Waals surface area contributed by atoms with Crippen LogP contribution >= 0.6 is 11.6 Å². The molecule has 0 atom stereocenters. The van der Waals surface area contributed by atoms with Gasteiger partial charge in [-0.3, -0.25) is 9.69 Å². The van der Waals surface area contributed by atoms with Crippen molar-refractivity contribution in [2.45, 2.75) is 6.42 Å². The first kappa shape index (κ1) is 23.7. The molecule has 1 N–H and O–H groups in total. The molecule has 8 heteroatoms. The van der Waals surface area contributed by atoms with Crippen molar-refractivity contribution in [3.63, 3.8) is 0 Å². The minimum absolute atomic E-state index is 0.0363. The number of nitrogens with zero attached hydrogens (tertiary/aromatic N) is 4. The van der Waals surface area contributed by atoms with Gasteiger partial charge in [-0.15, -0.1) is 0 Å². The van der Waals surface area contributed by atoms with Crippen molar-refractivity contribution in [3.05, 3.63) is 77.0 Å². The summed E-state index contributed by atoms with van der Waals surface area (Å²) in [6, 6.07) is 19.0. The molecule has 0 bridgehead atoms. The van der Waals surface area contributed by atoms with E-state index in [0.717, 1.165) is 50.5 Å². The number of aromatic nitrogens is 2. The summed E-state index contributed by atoms with van der Waals surface area (Å²) in [4.78, 5) is 15.0. The summed E-state index contributed by atoms with van der Waals surface area (Å²) in [6.07, 6.45) is 4.22. The molecule has 0 radical (unpaired) electrons. The zero-order valence-corrected chi connectivity index (χ0v) is 19.5. The number of carbonyl (C=O) groups is 1. The number of morpholine rings is 1. The highest BCUT2D eigenvalue weighted by Gasteiger charge is 2.15. The van der Waals surface area contributed by atoms with Gasteiger partial charge in [0.15, 0.2) is 0 Å². The molecule has 2 heterocycles. The number of carbonyl (C=O) groups excluding carboxylic acids is 1. The number of ether oxygens (including phenoxy) is 1. The summed E-state index contributed by atoms with van der Waals surface area (Å²) in [5.41, 5.74) is 3.09. The summed E-state index contributed by atoms with van der Waals surface area (Å²) in [7, 11) is 0. The van der Waals surface area contributed by atoms with Gasteiger partial charge < -0.3 is 10.1 Å². The predicted molar refractivity (Wildman–Crippen MR) is 132 cm³/mol. The molecule has 7 nitrogen and oxygen atoms in total. The normalized spacial score (nSPS) is 14.5. The van der Waals surface area contributed by atoms with Crippen molar-refractivity contribution < 1.29 is 9.53 Å². The highest BCUT2D eigenvalue weighted by molar-refractivity contribution is 6.30. The molecular formula is C26H26ClN5O2. The first-order valence-corrected chi connectivity index (χ1v) is 11.6. The van der Waals surface area contributed by atoms with Gasteiger partial charge in [0.05, 0.1) is 24.6 Å². The minimum Gasteiger partial charge on any atom is -0.379 e. The van der Waals surface area contributed by atoms with Gasteiger partial charge in [0.25, 0.3) is 5.91 Å². The lowest BCUT2D eigenvalue weighted by Crippen LogP contribution is -2.38. The van der Waals surface area contributed by atoms with Gasteiger partial charge in [0.1, 0.15) is 11.6 Å². The average molecular weight is 476 g/mol. The molecule has 3 aromatic rings. The maximum atomic E-state index is 12.7. The quantitative estimate of drug-likeness (QED) is 0.303. The van der Waals surface area contributed by atoms with E-state index in [0.29, 0.717) is 22.8 Å². The lowest BCUT2D eigenvalue weighted by Gasteiger charge is -2.26. The third-order valence-corrected chi connectivity index (χ3v) is 5.84. The molecule has 0 saturated carbocycles. The lowest BCUT2D eigenvalue weighted by molar-refractivity contribution is -0.117. The molecule has 1 aromatic heterocycles. The van der Waals surface area contributed by atoms with Crippen LogP contribution < -0.4 is 5.32 Å². The summed E-state index contributed by atoms with van der Waals surface area (Å²) in [6.45, 7) is 4.72. The molecule has 1 aliphatic heterocycles. The molecule has 1 amide bonds. The van der Waals surface area contributed by atoms with E-state index in [-0.39, 0.29) is 11.5 Å². The number of amides is 1. The fraction of sp³-hybridized carbons (Fsp3) is 0.269. The van der Waals surface area contributed by atoms with E-state index in [1.807, 2.05) is 54.7 Å². The van der Waals surface area contributed by atoms with Crippen LogP contribution in [-0.2, 0) is 9.53 Å². The van der Waals surface area contributed by atoms with Gasteiger partial charge in [0, 0.05) is 42.0 Å². The molecule has 0 spiro atoms. The van der Waals surface area contributed by atoms with Crippen molar-refractivity contribution in [3.8, 4) is 23.0 Å². The summed E-state index contributed by atoms with van der Waals surface area (Å²) in [5, 5.41) is 17.9. The molecule has 1 fully saturated rings. The molecule has 4 rings (SSSR count). The number of halogens is 1. The predicted octanol–water partition coefficient (Wildman–Crippen LogP) is 3.94. The van der Waals surface area contributed by atoms with E-state index in [1.54, 1.807) is 22.9 Å². The highest BCUT2D eigenvalue weighted by atomic mass is 35.5. The Morgan fingerprint density at radius 1 is 1.15 bits per heavy atom. The maximum Gasteiger partial charge on any atom is 0.261 e. The Balaban J connectivity index is 1.52. The monoisotopic (exact) mass is 475 g/mol. The van der Waals surface area contributed by atoms with Crippen LogP contribution in [0.4, 0.5) is 0 Å². The SMILES string of the molecule is N#CC(=Cc1cn(-c2ccccc2)nc1-c1ccc(Cl)cc1)C(=O)NCCCN1CCOCC1. The van der Waals surface area contributed by atoms with Gasteiger partial charge in [-0.25, -0.2) is 4.68 Å². The van der Waals surface area contributed by atoms with Crippen LogP contribution in [-0.4, -0.2) is 60.0 Å². The van der Waals surface area contributed by atoms with E-state index >= 15 is 0 Å². The Morgan fingerprint density at radius 3 is 2.59 bits per heavy atom. The van der Waals surface area contributed by atoms with Crippen molar-refractivity contribution in [1.82, 2.24) is 20.0 Å². The van der Waals surface area contributed by atoms with Gasteiger partial charge in [-0.1, -0.05) is 41.9 Å². The van der Waals surface area contributed by atoms with Crippen molar-refractivity contribution >= 4 is 23.6 Å². The molecule has 1 saturated heterocycles. The van der Waals surface area contributed by atoms with Crippen LogP contribution in [0.2, 0.25) is 5.02 Å². The number of hydrogen-bond donors (Lipinski definition) is 1. The Labute approximate surface area is 204 Å². The second-order valence-electron chi connectivity index (χ2n) is 7.95. The summed E-state index contributed by atoms with van der Waals surface area (Å²) < 4.78 is 7.10. The molecule has 0 aliphatic carbocycles. The van der Waals surface area contributed by atoms with Crippen molar-refractivity contribution in [2.75, 3.05) is 39.4 Å². The fourth-order valence-electron chi connectivity index (χ4n) is 3.77. The molecule has 1 aliphatic rings. The Kier molecular flexibility index (Phi) is 8.10. The zero-order valence-electron chi connectivity index (χ0n) is 18.8. The van der Waals surface area contributed by atoms with Crippen LogP contribution in [0.25, 0.3) is 23.0 Å². The van der Waals surface area contributed by atoms with E-state index in [2.05, 4.69) is 10.2 Å². The van der Waals surface area contributed by atoms with Crippen LogP contribution in [0.1, 0.15) is 12.0 Å². The van der Waals surface area contributed by atoms with Crippen LogP contribution in [0.15, 0.2) is 66.4 Å². The summed E-state index contributed by atoms with van der Waals surface area (Å²) in [5.74, 6) is -0.390. The van der Waals surface area contributed by atoms with E-state index < -0.39 is 0 Å². The molecule has 2 aromatic carbocycles. The second-order valence-corrected chi connectivity index (χ2v) is 8.39. The molecular weight excluding hydrogens is 450 g/mol. The van der Waals surface area contributed by atoms with Crippen LogP contribution in [0.3, 0.4) is 0 Å². The molecule has 174 valence electrons. The van der Waals surface area contributed by atoms with Crippen molar-refractivity contribution in [1.29, 1.82) is 5.26 Å². The number of para-hydroxylation sites is 1. The number of hydrogen-bond acceptors (Lipinski definition) is 5. The third kappa shape index (κ3) is 6.12. The third-order valence-electron chi connectivity index (χ3n) is 5.59. The minimum atomic E-state index is -0.390. The number of nitriles is 1. The van der Waals surface area contributed by atoms with Crippen LogP contribution in [0, 0.1) is 11.3 Å². The highest BCUT2D eigenvalue weighted by Crippen LogP contribution is 2.27. The van der Waals surface area contributed by atoms with Gasteiger partial charge in [0.2, 0.25) is 0 Å². The zero-order chi connectivity index (χ0) is 23.8. The van der Waals surface area contributed by atoms with E-state index in [4.69, 9.17) is 21.4 Å². The van der Waals surface area contributed by atoms with E-state index in [1.165, 1.54) is 0 Å². The Hall–Kier alpha value is -3.44. The topological polar surface area (TPSA) is 83.2 Å². The van der Waals surface area contributed by atoms with Gasteiger partial charge in [-0.05, 0) is 43.3 Å². The standard InChI is InChI=1S/C26H26ClN5O2/c27-23-9-7-20(8-10-23)25-22(19-32(30-25)24-5-2-1-3-6-24)17-21(18-28)26(33)29-11-4-12-31-13-15-34-16-14-31/h1-3,5-10,17,19H,4,11-16H2,(H,29,33).